The van der Waals surface area contributed by atoms with E-state index in [1.54, 1.807) is 24.5 Å². The highest BCUT2D eigenvalue weighted by molar-refractivity contribution is 7.92. The van der Waals surface area contributed by atoms with Crippen LogP contribution >= 0.6 is 0 Å². The molecule has 0 bridgehead atoms. The summed E-state index contributed by atoms with van der Waals surface area (Å²) in [4.78, 5) is 3.77. The van der Waals surface area contributed by atoms with Crippen molar-refractivity contribution in [3.05, 3.63) is 77.9 Å². The SMILES string of the molecule is Cc1cc(NS(=O)(=O)c2ccccc2F)ccc1-c1cnccc1C. The zero-order valence-electron chi connectivity index (χ0n) is 13.8. The average molecular weight is 356 g/mol. The molecule has 4 nitrogen and oxygen atoms in total. The molecule has 25 heavy (non-hydrogen) atoms. The number of aryl methyl sites for hydroxylation is 2. The minimum absolute atomic E-state index is 0.375. The molecule has 0 fully saturated rings. The third-order valence-corrected chi connectivity index (χ3v) is 5.35. The molecule has 1 N–H and O–H groups in total. The molecular formula is C19H17FN2O2S. The van der Waals surface area contributed by atoms with Gasteiger partial charge in [-0.05, 0) is 60.9 Å². The first-order valence-corrected chi connectivity index (χ1v) is 9.16. The van der Waals surface area contributed by atoms with Crippen LogP contribution in [-0.4, -0.2) is 13.4 Å². The van der Waals surface area contributed by atoms with E-state index in [1.807, 2.05) is 26.0 Å². The Bertz CT molecular complexity index is 1030. The van der Waals surface area contributed by atoms with Crippen molar-refractivity contribution < 1.29 is 12.8 Å². The summed E-state index contributed by atoms with van der Waals surface area (Å²) in [5.41, 5.74) is 4.32. The third kappa shape index (κ3) is 3.53. The summed E-state index contributed by atoms with van der Waals surface area (Å²) in [7, 11) is -3.98. The van der Waals surface area contributed by atoms with Crippen molar-refractivity contribution in [1.82, 2.24) is 4.98 Å². The Morgan fingerprint density at radius 1 is 0.960 bits per heavy atom. The maximum Gasteiger partial charge on any atom is 0.264 e. The zero-order chi connectivity index (χ0) is 18.0. The van der Waals surface area contributed by atoms with Gasteiger partial charge in [0.1, 0.15) is 10.7 Å². The van der Waals surface area contributed by atoms with Crippen LogP contribution in [0, 0.1) is 19.7 Å². The molecule has 3 rings (SSSR count). The van der Waals surface area contributed by atoms with Gasteiger partial charge < -0.3 is 0 Å². The van der Waals surface area contributed by atoms with Gasteiger partial charge in [-0.3, -0.25) is 9.71 Å². The van der Waals surface area contributed by atoms with Gasteiger partial charge in [-0.2, -0.15) is 0 Å². The smallest absolute Gasteiger partial charge is 0.264 e. The second-order valence-corrected chi connectivity index (χ2v) is 7.41. The quantitative estimate of drug-likeness (QED) is 0.758. The van der Waals surface area contributed by atoms with Crippen molar-refractivity contribution in [2.45, 2.75) is 18.7 Å². The van der Waals surface area contributed by atoms with Crippen LogP contribution in [0.3, 0.4) is 0 Å². The highest BCUT2D eigenvalue weighted by Gasteiger charge is 2.19. The van der Waals surface area contributed by atoms with E-state index < -0.39 is 15.8 Å². The minimum Gasteiger partial charge on any atom is -0.280 e. The molecule has 1 heterocycles. The first-order chi connectivity index (χ1) is 11.9. The molecule has 0 atom stereocenters. The maximum atomic E-state index is 13.8. The fourth-order valence-electron chi connectivity index (χ4n) is 2.65. The van der Waals surface area contributed by atoms with E-state index in [0.717, 1.165) is 28.3 Å². The topological polar surface area (TPSA) is 59.1 Å². The van der Waals surface area contributed by atoms with Gasteiger partial charge in [0.2, 0.25) is 0 Å². The molecule has 0 aliphatic heterocycles. The maximum absolute atomic E-state index is 13.8. The number of aromatic nitrogens is 1. The van der Waals surface area contributed by atoms with E-state index in [-0.39, 0.29) is 4.90 Å². The normalized spacial score (nSPS) is 11.3. The number of hydrogen-bond donors (Lipinski definition) is 1. The fourth-order valence-corrected chi connectivity index (χ4v) is 3.78. The molecule has 0 radical (unpaired) electrons. The van der Waals surface area contributed by atoms with Gasteiger partial charge in [-0.25, -0.2) is 12.8 Å². The monoisotopic (exact) mass is 356 g/mol. The van der Waals surface area contributed by atoms with Crippen molar-refractivity contribution in [2.24, 2.45) is 0 Å². The van der Waals surface area contributed by atoms with E-state index in [2.05, 4.69) is 9.71 Å². The molecule has 2 aromatic carbocycles. The number of benzene rings is 2. The van der Waals surface area contributed by atoms with Gasteiger partial charge in [0.15, 0.2) is 0 Å². The predicted octanol–water partition coefficient (Wildman–Crippen LogP) is 4.31. The van der Waals surface area contributed by atoms with E-state index >= 15 is 0 Å². The Morgan fingerprint density at radius 3 is 2.40 bits per heavy atom. The van der Waals surface area contributed by atoms with Crippen LogP contribution in [0.1, 0.15) is 11.1 Å². The molecule has 3 aromatic rings. The van der Waals surface area contributed by atoms with Crippen LogP contribution in [0.25, 0.3) is 11.1 Å². The summed E-state index contributed by atoms with van der Waals surface area (Å²) in [5.74, 6) is -0.783. The van der Waals surface area contributed by atoms with Crippen LogP contribution in [0.15, 0.2) is 65.8 Å². The molecule has 0 spiro atoms. The number of hydrogen-bond acceptors (Lipinski definition) is 3. The molecule has 1 aromatic heterocycles. The second-order valence-electron chi connectivity index (χ2n) is 5.76. The molecule has 0 aliphatic rings. The van der Waals surface area contributed by atoms with E-state index in [1.165, 1.54) is 18.2 Å². The lowest BCUT2D eigenvalue weighted by Crippen LogP contribution is -2.14. The molecular weight excluding hydrogens is 339 g/mol. The van der Waals surface area contributed by atoms with Crippen molar-refractivity contribution in [3.63, 3.8) is 0 Å². The summed E-state index contributed by atoms with van der Waals surface area (Å²) in [6.45, 7) is 3.88. The summed E-state index contributed by atoms with van der Waals surface area (Å²) in [6.07, 6.45) is 3.51. The number of nitrogens with one attached hydrogen (secondary N) is 1. The highest BCUT2D eigenvalue weighted by atomic mass is 32.2. The van der Waals surface area contributed by atoms with Crippen molar-refractivity contribution in [2.75, 3.05) is 4.72 Å². The Hall–Kier alpha value is -2.73. The van der Waals surface area contributed by atoms with Crippen molar-refractivity contribution >= 4 is 15.7 Å². The zero-order valence-corrected chi connectivity index (χ0v) is 14.6. The molecule has 0 saturated heterocycles. The lowest BCUT2D eigenvalue weighted by atomic mass is 9.98. The van der Waals surface area contributed by atoms with Crippen LogP contribution in [0.4, 0.5) is 10.1 Å². The number of nitrogens with zero attached hydrogens (tertiary/aromatic N) is 1. The number of rotatable bonds is 4. The largest absolute Gasteiger partial charge is 0.280 e. The lowest BCUT2D eigenvalue weighted by Gasteiger charge is -2.13. The highest BCUT2D eigenvalue weighted by Crippen LogP contribution is 2.29. The Kier molecular flexibility index (Phi) is 4.55. The second kappa shape index (κ2) is 6.64. The van der Waals surface area contributed by atoms with Crippen molar-refractivity contribution in [3.8, 4) is 11.1 Å². The van der Waals surface area contributed by atoms with Gasteiger partial charge in [-0.15, -0.1) is 0 Å². The molecule has 0 saturated carbocycles. The first-order valence-electron chi connectivity index (χ1n) is 7.67. The van der Waals surface area contributed by atoms with Crippen molar-refractivity contribution in [1.29, 1.82) is 0 Å². The average Bonchev–Trinajstić information content (AvgIpc) is 2.56. The molecule has 0 aliphatic carbocycles. The number of halogens is 1. The number of sulfonamides is 1. The van der Waals surface area contributed by atoms with E-state index in [0.29, 0.717) is 5.69 Å². The number of pyridine rings is 1. The Labute approximate surface area is 146 Å². The van der Waals surface area contributed by atoms with Crippen LogP contribution in [0.5, 0.6) is 0 Å². The Morgan fingerprint density at radius 2 is 1.72 bits per heavy atom. The van der Waals surface area contributed by atoms with Gasteiger partial charge in [0, 0.05) is 23.6 Å². The predicted molar refractivity (Wildman–Crippen MR) is 96.4 cm³/mol. The minimum atomic E-state index is -3.98. The van der Waals surface area contributed by atoms with E-state index in [9.17, 15) is 12.8 Å². The fraction of sp³-hybridized carbons (Fsp3) is 0.105. The first kappa shape index (κ1) is 17.1. The number of anilines is 1. The third-order valence-electron chi connectivity index (χ3n) is 3.93. The summed E-state index contributed by atoms with van der Waals surface area (Å²) in [6, 6.07) is 12.4. The van der Waals surface area contributed by atoms with Gasteiger partial charge in [0.05, 0.1) is 0 Å². The molecule has 128 valence electrons. The molecule has 0 amide bonds. The van der Waals surface area contributed by atoms with Crippen LogP contribution < -0.4 is 4.72 Å². The van der Waals surface area contributed by atoms with Gasteiger partial charge >= 0.3 is 0 Å². The molecule has 0 unspecified atom stereocenters. The van der Waals surface area contributed by atoms with E-state index in [4.69, 9.17) is 0 Å². The standard InChI is InChI=1S/C19H17FN2O2S/c1-13-9-10-21-12-17(13)16-8-7-15(11-14(16)2)22-25(23,24)19-6-4-3-5-18(19)20/h3-12,22H,1-2H3. The summed E-state index contributed by atoms with van der Waals surface area (Å²) in [5, 5.41) is 0. The summed E-state index contributed by atoms with van der Waals surface area (Å²) >= 11 is 0. The van der Waals surface area contributed by atoms with Gasteiger partial charge in [-0.1, -0.05) is 18.2 Å². The van der Waals surface area contributed by atoms with Crippen LogP contribution in [-0.2, 0) is 10.0 Å². The molecule has 6 heteroatoms. The van der Waals surface area contributed by atoms with Gasteiger partial charge in [0.25, 0.3) is 10.0 Å². The van der Waals surface area contributed by atoms with Crippen LogP contribution in [0.2, 0.25) is 0 Å². The Balaban J connectivity index is 1.94. The lowest BCUT2D eigenvalue weighted by molar-refractivity contribution is 0.570. The summed E-state index contributed by atoms with van der Waals surface area (Å²) < 4.78 is 41.0.